The van der Waals surface area contributed by atoms with Gasteiger partial charge in [-0.2, -0.15) is 5.26 Å². The van der Waals surface area contributed by atoms with E-state index in [1.807, 2.05) is 6.07 Å². The fraction of sp³-hybridized carbons (Fsp3) is 0.0714. The van der Waals surface area contributed by atoms with Gasteiger partial charge in [0.05, 0.1) is 16.2 Å². The van der Waals surface area contributed by atoms with Crippen molar-refractivity contribution in [2.75, 3.05) is 12.1 Å². The van der Waals surface area contributed by atoms with Crippen molar-refractivity contribution < 1.29 is 14.4 Å². The first-order chi connectivity index (χ1) is 10.2. The molecule has 0 unspecified atom stereocenters. The number of hydrogen-bond donors (Lipinski definition) is 1. The van der Waals surface area contributed by atoms with E-state index >= 15 is 0 Å². The van der Waals surface area contributed by atoms with Gasteiger partial charge in [-0.15, -0.1) is 0 Å². The highest BCUT2D eigenvalue weighted by atomic mass is 16.7. The van der Waals surface area contributed by atoms with E-state index in [4.69, 9.17) is 14.7 Å². The van der Waals surface area contributed by atoms with Gasteiger partial charge >= 0.3 is 0 Å². The van der Waals surface area contributed by atoms with Gasteiger partial charge in [0.2, 0.25) is 6.79 Å². The maximum Gasteiger partial charge on any atom is 0.270 e. The number of anilines is 2. The Bertz CT molecular complexity index is 767. The molecule has 1 heterocycles. The lowest BCUT2D eigenvalue weighted by atomic mass is 10.1. The summed E-state index contributed by atoms with van der Waals surface area (Å²) in [6, 6.07) is 11.3. The van der Waals surface area contributed by atoms with Crippen LogP contribution in [0.4, 0.5) is 17.1 Å². The number of rotatable bonds is 3. The van der Waals surface area contributed by atoms with Crippen LogP contribution in [0, 0.1) is 21.4 Å². The average Bonchev–Trinajstić information content (AvgIpc) is 2.95. The molecule has 7 heteroatoms. The molecule has 1 aliphatic heterocycles. The molecule has 0 saturated heterocycles. The highest BCUT2D eigenvalue weighted by Crippen LogP contribution is 2.35. The van der Waals surface area contributed by atoms with Gasteiger partial charge in [0.1, 0.15) is 6.07 Å². The number of fused-ring (bicyclic) bond motifs is 1. The van der Waals surface area contributed by atoms with Crippen molar-refractivity contribution in [1.82, 2.24) is 0 Å². The zero-order valence-corrected chi connectivity index (χ0v) is 10.7. The first-order valence-electron chi connectivity index (χ1n) is 6.02. The van der Waals surface area contributed by atoms with Crippen molar-refractivity contribution >= 4 is 17.1 Å². The predicted molar refractivity (Wildman–Crippen MR) is 73.7 cm³/mol. The number of hydrogen-bond acceptors (Lipinski definition) is 6. The minimum Gasteiger partial charge on any atom is -0.454 e. The first kappa shape index (κ1) is 12.7. The van der Waals surface area contributed by atoms with Crippen LogP contribution < -0.4 is 14.8 Å². The van der Waals surface area contributed by atoms with Gasteiger partial charge in [-0.3, -0.25) is 10.1 Å². The van der Waals surface area contributed by atoms with Gasteiger partial charge in [-0.1, -0.05) is 0 Å². The second-order valence-corrected chi connectivity index (χ2v) is 4.29. The van der Waals surface area contributed by atoms with Crippen LogP contribution in [0.25, 0.3) is 0 Å². The van der Waals surface area contributed by atoms with Crippen molar-refractivity contribution in [3.8, 4) is 17.6 Å². The Labute approximate surface area is 119 Å². The maximum atomic E-state index is 10.7. The number of nitro benzene ring substituents is 1. The van der Waals surface area contributed by atoms with Gasteiger partial charge < -0.3 is 14.8 Å². The molecule has 0 fully saturated rings. The molecular weight excluding hydrogens is 274 g/mol. The summed E-state index contributed by atoms with van der Waals surface area (Å²) in [5.74, 6) is 1.27. The summed E-state index contributed by atoms with van der Waals surface area (Å²) in [6.07, 6.45) is 0. The van der Waals surface area contributed by atoms with Crippen LogP contribution in [0.2, 0.25) is 0 Å². The third-order valence-corrected chi connectivity index (χ3v) is 2.99. The smallest absolute Gasteiger partial charge is 0.270 e. The largest absolute Gasteiger partial charge is 0.454 e. The summed E-state index contributed by atoms with van der Waals surface area (Å²) in [6.45, 7) is 0.180. The van der Waals surface area contributed by atoms with E-state index in [9.17, 15) is 10.1 Å². The molecule has 2 aromatic rings. The van der Waals surface area contributed by atoms with E-state index in [-0.39, 0.29) is 18.0 Å². The fourth-order valence-corrected chi connectivity index (χ4v) is 1.98. The normalized spacial score (nSPS) is 11.8. The summed E-state index contributed by atoms with van der Waals surface area (Å²) in [5.41, 5.74) is 1.26. The second-order valence-electron chi connectivity index (χ2n) is 4.29. The SMILES string of the molecule is N#Cc1cc([N+](=O)[O-])ccc1Nc1ccc2c(c1)OCO2. The Balaban J connectivity index is 1.91. The molecule has 0 aromatic heterocycles. The Hall–Kier alpha value is -3.27. The van der Waals surface area contributed by atoms with Crippen LogP contribution in [0.3, 0.4) is 0 Å². The first-order valence-corrected chi connectivity index (χ1v) is 6.02. The number of nitrogens with zero attached hydrogens (tertiary/aromatic N) is 2. The quantitative estimate of drug-likeness (QED) is 0.687. The fourth-order valence-electron chi connectivity index (χ4n) is 1.98. The lowest BCUT2D eigenvalue weighted by molar-refractivity contribution is -0.384. The van der Waals surface area contributed by atoms with E-state index in [0.717, 1.165) is 0 Å². The maximum absolute atomic E-state index is 10.7. The minimum absolute atomic E-state index is 0.122. The number of nitro groups is 1. The molecule has 2 aromatic carbocycles. The lowest BCUT2D eigenvalue weighted by Crippen LogP contribution is -1.96. The Morgan fingerprint density at radius 1 is 1.19 bits per heavy atom. The third-order valence-electron chi connectivity index (χ3n) is 2.99. The molecular formula is C14H9N3O4. The zero-order valence-electron chi connectivity index (χ0n) is 10.7. The van der Waals surface area contributed by atoms with Crippen LogP contribution >= 0.6 is 0 Å². The topological polar surface area (TPSA) is 97.4 Å². The molecule has 7 nitrogen and oxygen atoms in total. The van der Waals surface area contributed by atoms with Crippen molar-refractivity contribution in [2.24, 2.45) is 0 Å². The number of non-ortho nitro benzene ring substituents is 1. The molecule has 0 saturated carbocycles. The molecule has 1 aliphatic rings. The van der Waals surface area contributed by atoms with Crippen molar-refractivity contribution in [3.05, 3.63) is 52.1 Å². The Morgan fingerprint density at radius 3 is 2.76 bits per heavy atom. The van der Waals surface area contributed by atoms with Gasteiger partial charge in [0, 0.05) is 23.9 Å². The summed E-state index contributed by atoms with van der Waals surface area (Å²) in [7, 11) is 0. The van der Waals surface area contributed by atoms with Crippen LogP contribution in [-0.2, 0) is 0 Å². The summed E-state index contributed by atoms with van der Waals surface area (Å²) < 4.78 is 10.5. The number of nitrogens with one attached hydrogen (secondary N) is 1. The summed E-state index contributed by atoms with van der Waals surface area (Å²) >= 11 is 0. The highest BCUT2D eigenvalue weighted by molar-refractivity contribution is 5.70. The van der Waals surface area contributed by atoms with Crippen molar-refractivity contribution in [2.45, 2.75) is 0 Å². The zero-order chi connectivity index (χ0) is 14.8. The van der Waals surface area contributed by atoms with Crippen LogP contribution in [0.5, 0.6) is 11.5 Å². The summed E-state index contributed by atoms with van der Waals surface area (Å²) in [5, 5.41) is 22.9. The van der Waals surface area contributed by atoms with E-state index < -0.39 is 4.92 Å². The summed E-state index contributed by atoms with van der Waals surface area (Å²) in [4.78, 5) is 10.2. The van der Waals surface area contributed by atoms with Crippen molar-refractivity contribution in [3.63, 3.8) is 0 Å². The van der Waals surface area contributed by atoms with Crippen LogP contribution in [-0.4, -0.2) is 11.7 Å². The van der Waals surface area contributed by atoms with Crippen LogP contribution in [0.1, 0.15) is 5.56 Å². The van der Waals surface area contributed by atoms with Gasteiger partial charge in [0.15, 0.2) is 11.5 Å². The van der Waals surface area contributed by atoms with E-state index in [0.29, 0.717) is 22.9 Å². The van der Waals surface area contributed by atoms with Gasteiger partial charge in [-0.05, 0) is 18.2 Å². The van der Waals surface area contributed by atoms with Gasteiger partial charge in [-0.25, -0.2) is 0 Å². The van der Waals surface area contributed by atoms with Crippen molar-refractivity contribution in [1.29, 1.82) is 5.26 Å². The standard InChI is InChI=1S/C14H9N3O4/c15-7-9-5-11(17(18)19)2-3-12(9)16-10-1-4-13-14(6-10)21-8-20-13/h1-6,16H,8H2. The second kappa shape index (κ2) is 5.02. The molecule has 1 N–H and O–H groups in total. The number of ether oxygens (including phenoxy) is 2. The molecule has 0 amide bonds. The Kier molecular flexibility index (Phi) is 3.04. The van der Waals surface area contributed by atoms with E-state index in [1.165, 1.54) is 18.2 Å². The predicted octanol–water partition coefficient (Wildman–Crippen LogP) is 2.94. The van der Waals surface area contributed by atoms with E-state index in [2.05, 4.69) is 5.32 Å². The molecule has 0 radical (unpaired) electrons. The monoisotopic (exact) mass is 283 g/mol. The number of benzene rings is 2. The molecule has 104 valence electrons. The highest BCUT2D eigenvalue weighted by Gasteiger charge is 2.15. The van der Waals surface area contributed by atoms with E-state index in [1.54, 1.807) is 18.2 Å². The minimum atomic E-state index is -0.537. The third kappa shape index (κ3) is 2.42. The molecule has 21 heavy (non-hydrogen) atoms. The molecule has 0 atom stereocenters. The molecule has 0 spiro atoms. The average molecular weight is 283 g/mol. The Morgan fingerprint density at radius 2 is 2.00 bits per heavy atom. The lowest BCUT2D eigenvalue weighted by Gasteiger charge is -2.08. The molecule has 0 bridgehead atoms. The van der Waals surface area contributed by atoms with Gasteiger partial charge in [0.25, 0.3) is 5.69 Å². The van der Waals surface area contributed by atoms with Crippen LogP contribution in [0.15, 0.2) is 36.4 Å². The molecule has 0 aliphatic carbocycles. The number of nitriles is 1. The molecule has 3 rings (SSSR count).